The summed E-state index contributed by atoms with van der Waals surface area (Å²) in [4.78, 5) is 12.6. The average molecular weight is 353 g/mol. The van der Waals surface area contributed by atoms with E-state index in [2.05, 4.69) is 35.4 Å². The zero-order chi connectivity index (χ0) is 16.2. The highest BCUT2D eigenvalue weighted by Gasteiger charge is 2.17. The molecule has 24 heavy (non-hydrogen) atoms. The van der Waals surface area contributed by atoms with E-state index >= 15 is 0 Å². The normalized spacial score (nSPS) is 13.7. The molecule has 0 radical (unpaired) electrons. The quantitative estimate of drug-likeness (QED) is 0.724. The first-order valence-electron chi connectivity index (χ1n) is 7.09. The standard InChI is InChI=1S/C15H11N7S2/c1-3-10(8-16-5-1)12-7-13(20-19-12)23-24-15-18-14(21-22-15)11-4-2-6-17-9-11/h1-6,8-9H,7H2,(H,18,21,22). The molecule has 0 spiro atoms. The molecule has 0 unspecified atom stereocenters. The van der Waals surface area contributed by atoms with Crippen molar-refractivity contribution in [1.29, 1.82) is 0 Å². The minimum atomic E-state index is 0.649. The lowest BCUT2D eigenvalue weighted by Gasteiger charge is -1.99. The van der Waals surface area contributed by atoms with E-state index in [0.717, 1.165) is 21.9 Å². The summed E-state index contributed by atoms with van der Waals surface area (Å²) >= 11 is 0. The van der Waals surface area contributed by atoms with Crippen LogP contribution in [0, 0.1) is 0 Å². The highest BCUT2D eigenvalue weighted by Crippen LogP contribution is 2.33. The molecule has 0 atom stereocenters. The highest BCUT2D eigenvalue weighted by atomic mass is 33.1. The molecule has 0 bridgehead atoms. The Morgan fingerprint density at radius 3 is 2.46 bits per heavy atom. The molecule has 118 valence electrons. The Labute approximate surface area is 145 Å². The van der Waals surface area contributed by atoms with Crippen LogP contribution in [-0.2, 0) is 0 Å². The summed E-state index contributed by atoms with van der Waals surface area (Å²) in [6.07, 6.45) is 7.71. The van der Waals surface area contributed by atoms with Gasteiger partial charge in [0.25, 0.3) is 0 Å². The molecule has 9 heteroatoms. The highest BCUT2D eigenvalue weighted by molar-refractivity contribution is 8.82. The summed E-state index contributed by atoms with van der Waals surface area (Å²) in [5, 5.41) is 17.1. The van der Waals surface area contributed by atoms with Crippen LogP contribution in [0.5, 0.6) is 0 Å². The Morgan fingerprint density at radius 1 is 0.917 bits per heavy atom. The van der Waals surface area contributed by atoms with E-state index in [-0.39, 0.29) is 0 Å². The van der Waals surface area contributed by atoms with Gasteiger partial charge in [0.2, 0.25) is 5.16 Å². The minimum absolute atomic E-state index is 0.649. The van der Waals surface area contributed by atoms with Crippen molar-refractivity contribution in [2.24, 2.45) is 10.2 Å². The molecule has 1 N–H and O–H groups in total. The number of hydrogen-bond donors (Lipinski definition) is 1. The Morgan fingerprint density at radius 2 is 1.71 bits per heavy atom. The molecule has 0 amide bonds. The van der Waals surface area contributed by atoms with Gasteiger partial charge in [-0.3, -0.25) is 15.1 Å². The number of hydrogen-bond acceptors (Lipinski definition) is 8. The van der Waals surface area contributed by atoms with Gasteiger partial charge in [-0.15, -0.1) is 10.2 Å². The number of rotatable bonds is 4. The SMILES string of the molecule is c1cncc(C2=NN=C(SSc3n[nH]c(-c4cccnc4)n3)C2)c1. The molecule has 1 aliphatic rings. The summed E-state index contributed by atoms with van der Waals surface area (Å²) in [5.74, 6) is 0.701. The number of aromatic amines is 1. The largest absolute Gasteiger partial charge is 0.264 e. The second-order valence-corrected chi connectivity index (χ2v) is 7.00. The van der Waals surface area contributed by atoms with Gasteiger partial charge in [-0.05, 0) is 45.9 Å². The monoisotopic (exact) mass is 353 g/mol. The maximum atomic E-state index is 4.45. The van der Waals surface area contributed by atoms with Crippen LogP contribution >= 0.6 is 21.6 Å². The summed E-state index contributed by atoms with van der Waals surface area (Å²) in [5.41, 5.74) is 2.83. The van der Waals surface area contributed by atoms with Gasteiger partial charge < -0.3 is 0 Å². The van der Waals surface area contributed by atoms with E-state index in [1.807, 2.05) is 24.3 Å². The molecule has 7 nitrogen and oxygen atoms in total. The molecule has 1 aliphatic heterocycles. The van der Waals surface area contributed by atoms with Crippen molar-refractivity contribution >= 4 is 32.3 Å². The third-order valence-electron chi connectivity index (χ3n) is 3.21. The molecule has 4 heterocycles. The fraction of sp³-hybridized carbons (Fsp3) is 0.0667. The molecule has 0 saturated carbocycles. The maximum Gasteiger partial charge on any atom is 0.219 e. The van der Waals surface area contributed by atoms with Gasteiger partial charge in [-0.25, -0.2) is 4.98 Å². The first-order chi connectivity index (χ1) is 11.9. The van der Waals surface area contributed by atoms with Crippen molar-refractivity contribution in [2.75, 3.05) is 0 Å². The number of pyridine rings is 2. The van der Waals surface area contributed by atoms with Gasteiger partial charge in [0, 0.05) is 42.3 Å². The molecule has 0 saturated heterocycles. The van der Waals surface area contributed by atoms with E-state index < -0.39 is 0 Å². The Kier molecular flexibility index (Phi) is 4.34. The number of aromatic nitrogens is 5. The van der Waals surface area contributed by atoms with Crippen molar-refractivity contribution in [3.63, 3.8) is 0 Å². The molecule has 3 aromatic rings. The maximum absolute atomic E-state index is 4.45. The van der Waals surface area contributed by atoms with Gasteiger partial charge in [0.15, 0.2) is 5.82 Å². The van der Waals surface area contributed by atoms with E-state index in [4.69, 9.17) is 0 Å². The fourth-order valence-electron chi connectivity index (χ4n) is 2.07. The molecule has 0 fully saturated rings. The number of nitrogens with one attached hydrogen (secondary N) is 1. The minimum Gasteiger partial charge on any atom is -0.264 e. The van der Waals surface area contributed by atoms with Crippen molar-refractivity contribution in [2.45, 2.75) is 11.6 Å². The molecular weight excluding hydrogens is 342 g/mol. The van der Waals surface area contributed by atoms with Gasteiger partial charge in [-0.2, -0.15) is 5.10 Å². The third kappa shape index (κ3) is 3.36. The van der Waals surface area contributed by atoms with E-state index in [0.29, 0.717) is 17.4 Å². The van der Waals surface area contributed by atoms with Crippen molar-refractivity contribution in [3.8, 4) is 11.4 Å². The topological polar surface area (TPSA) is 92.1 Å². The van der Waals surface area contributed by atoms with E-state index in [1.54, 1.807) is 24.8 Å². The lowest BCUT2D eigenvalue weighted by molar-refractivity contribution is 0.979. The van der Waals surface area contributed by atoms with Crippen LogP contribution in [0.2, 0.25) is 0 Å². The number of H-pyrrole nitrogens is 1. The molecule has 0 aromatic carbocycles. The first kappa shape index (κ1) is 15.0. The Hall–Kier alpha value is -2.52. The first-order valence-corrected chi connectivity index (χ1v) is 9.24. The molecule has 0 aliphatic carbocycles. The van der Waals surface area contributed by atoms with E-state index in [9.17, 15) is 0 Å². The van der Waals surface area contributed by atoms with Crippen molar-refractivity contribution < 1.29 is 0 Å². The van der Waals surface area contributed by atoms with Gasteiger partial charge >= 0.3 is 0 Å². The van der Waals surface area contributed by atoms with Crippen LogP contribution in [0.25, 0.3) is 11.4 Å². The zero-order valence-corrected chi connectivity index (χ0v) is 14.0. The second kappa shape index (κ2) is 6.93. The van der Waals surface area contributed by atoms with Crippen LogP contribution in [0.1, 0.15) is 12.0 Å². The lowest BCUT2D eigenvalue weighted by atomic mass is 10.1. The summed E-state index contributed by atoms with van der Waals surface area (Å²) in [6, 6.07) is 7.68. The predicted molar refractivity (Wildman–Crippen MR) is 95.9 cm³/mol. The van der Waals surface area contributed by atoms with Crippen LogP contribution in [0.4, 0.5) is 0 Å². The van der Waals surface area contributed by atoms with Crippen LogP contribution < -0.4 is 0 Å². The molecule has 3 aromatic heterocycles. The van der Waals surface area contributed by atoms with Crippen molar-refractivity contribution in [1.82, 2.24) is 25.1 Å². The summed E-state index contributed by atoms with van der Waals surface area (Å²) < 4.78 is 0. The Bertz CT molecular complexity index is 890. The van der Waals surface area contributed by atoms with Crippen molar-refractivity contribution in [3.05, 3.63) is 54.6 Å². The van der Waals surface area contributed by atoms with Crippen LogP contribution in [-0.4, -0.2) is 35.9 Å². The van der Waals surface area contributed by atoms with E-state index in [1.165, 1.54) is 21.6 Å². The molecule has 4 rings (SSSR count). The van der Waals surface area contributed by atoms with Crippen LogP contribution in [0.15, 0.2) is 64.4 Å². The smallest absolute Gasteiger partial charge is 0.219 e. The zero-order valence-electron chi connectivity index (χ0n) is 12.3. The summed E-state index contributed by atoms with van der Waals surface area (Å²) in [6.45, 7) is 0. The molecular formula is C15H11N7S2. The fourth-order valence-corrected chi connectivity index (χ4v) is 3.74. The third-order valence-corrected chi connectivity index (χ3v) is 5.32. The Balaban J connectivity index is 1.35. The van der Waals surface area contributed by atoms with Gasteiger partial charge in [-0.1, -0.05) is 0 Å². The average Bonchev–Trinajstić information content (AvgIpc) is 3.31. The lowest BCUT2D eigenvalue weighted by Crippen LogP contribution is -2.00. The second-order valence-electron chi connectivity index (χ2n) is 4.83. The summed E-state index contributed by atoms with van der Waals surface area (Å²) in [7, 11) is 2.97. The van der Waals surface area contributed by atoms with Crippen LogP contribution in [0.3, 0.4) is 0 Å². The predicted octanol–water partition coefficient (Wildman–Crippen LogP) is 3.21. The van der Waals surface area contributed by atoms with Gasteiger partial charge in [0.1, 0.15) is 5.04 Å². The van der Waals surface area contributed by atoms with Gasteiger partial charge in [0.05, 0.1) is 5.71 Å². The number of nitrogens with zero attached hydrogens (tertiary/aromatic N) is 6.